The fourth-order valence-electron chi connectivity index (χ4n) is 8.05. The van der Waals surface area contributed by atoms with Crippen LogP contribution < -0.4 is 10.5 Å². The molecule has 0 saturated heterocycles. The Labute approximate surface area is 321 Å². The lowest BCUT2D eigenvalue weighted by atomic mass is 9.96. The summed E-state index contributed by atoms with van der Waals surface area (Å²) in [4.78, 5) is 20.9. The Bertz CT molecular complexity index is 2900. The number of hydrogen-bond acceptors (Lipinski definition) is 4. The topological polar surface area (TPSA) is 51.6 Å². The Morgan fingerprint density at radius 2 is 0.818 bits per heavy atom. The van der Waals surface area contributed by atoms with Crippen LogP contribution in [0.25, 0.3) is 89.6 Å². The largest absolute Gasteiger partial charge is 0.237 e. The van der Waals surface area contributed by atoms with E-state index < -0.39 is 8.07 Å². The fraction of sp³-hybridized carbons (Fsp3) is 0.0400. The molecule has 4 nitrogen and oxygen atoms in total. The van der Waals surface area contributed by atoms with Gasteiger partial charge in [0.2, 0.25) is 0 Å². The van der Waals surface area contributed by atoms with Gasteiger partial charge in [-0.15, -0.1) is 0 Å². The van der Waals surface area contributed by atoms with Crippen LogP contribution in [0.1, 0.15) is 0 Å². The van der Waals surface area contributed by atoms with Crippen molar-refractivity contribution in [2.75, 3.05) is 0 Å². The van der Waals surface area contributed by atoms with Gasteiger partial charge in [0, 0.05) is 38.5 Å². The van der Waals surface area contributed by atoms with E-state index >= 15 is 0 Å². The Morgan fingerprint density at radius 1 is 0.364 bits per heavy atom. The molecular weight excluding hydrogens is 685 g/mol. The molecule has 0 fully saturated rings. The van der Waals surface area contributed by atoms with Crippen LogP contribution in [0.2, 0.25) is 13.1 Å². The van der Waals surface area contributed by atoms with Gasteiger partial charge in [-0.1, -0.05) is 171 Å². The highest BCUT2D eigenvalue weighted by atomic mass is 28.3. The molecule has 2 aromatic heterocycles. The second-order valence-electron chi connectivity index (χ2n) is 14.7. The Balaban J connectivity index is 1.03. The Kier molecular flexibility index (Phi) is 7.89. The van der Waals surface area contributed by atoms with Crippen molar-refractivity contribution in [3.05, 3.63) is 182 Å². The Morgan fingerprint density at radius 3 is 1.45 bits per heavy atom. The lowest BCUT2D eigenvalue weighted by molar-refractivity contribution is 1.21. The average molecular weight is 721 g/mol. The minimum Gasteiger partial charge on any atom is -0.237 e. The van der Waals surface area contributed by atoms with Crippen molar-refractivity contribution in [3.8, 4) is 78.7 Å². The zero-order valence-electron chi connectivity index (χ0n) is 30.6. The fourth-order valence-corrected chi connectivity index (χ4v) is 11.0. The smallest absolute Gasteiger partial charge is 0.160 e. The van der Waals surface area contributed by atoms with Gasteiger partial charge in [-0.2, -0.15) is 0 Å². The molecule has 0 amide bonds. The van der Waals surface area contributed by atoms with Crippen molar-refractivity contribution < 1.29 is 0 Å². The van der Waals surface area contributed by atoms with Crippen LogP contribution in [0.3, 0.4) is 0 Å². The summed E-state index contributed by atoms with van der Waals surface area (Å²) in [6, 6.07) is 63.9. The predicted molar refractivity (Wildman–Crippen MR) is 230 cm³/mol. The normalized spacial score (nSPS) is 12.7. The first kappa shape index (κ1) is 32.8. The van der Waals surface area contributed by atoms with Crippen molar-refractivity contribution in [1.82, 2.24) is 19.9 Å². The molecule has 0 N–H and O–H groups in total. The third-order valence-electron chi connectivity index (χ3n) is 10.8. The highest BCUT2D eigenvalue weighted by molar-refractivity contribution is 7.03. The maximum Gasteiger partial charge on any atom is 0.160 e. The standard InChI is InChI=1S/C50H36N4Si/c1-55(2)44-29-12-10-27-42(44)45-47(34-18-7-4-8-19-34)53-49(54-50(45)55)40-25-15-23-38(32-40)36-21-13-20-35(30-36)37-22-14-24-39(31-37)48-51-43-28-11-9-26-41(43)46(52-48)33-16-5-3-6-17-33/h3-32H,1-2H3. The quantitative estimate of drug-likeness (QED) is 0.161. The van der Waals surface area contributed by atoms with Gasteiger partial charge in [-0.05, 0) is 57.3 Å². The summed E-state index contributed by atoms with van der Waals surface area (Å²) in [7, 11) is -2.06. The summed E-state index contributed by atoms with van der Waals surface area (Å²) < 4.78 is 0. The van der Waals surface area contributed by atoms with Crippen molar-refractivity contribution in [2.45, 2.75) is 13.1 Å². The van der Waals surface area contributed by atoms with Crippen LogP contribution in [-0.2, 0) is 0 Å². The van der Waals surface area contributed by atoms with Crippen LogP contribution >= 0.6 is 0 Å². The molecule has 55 heavy (non-hydrogen) atoms. The number of aromatic nitrogens is 4. The van der Waals surface area contributed by atoms with E-state index in [1.807, 2.05) is 18.2 Å². The predicted octanol–water partition coefficient (Wildman–Crippen LogP) is 11.2. The third-order valence-corrected chi connectivity index (χ3v) is 14.2. The number of rotatable bonds is 6. The molecule has 1 aliphatic rings. The van der Waals surface area contributed by atoms with Gasteiger partial charge in [0.25, 0.3) is 0 Å². The van der Waals surface area contributed by atoms with E-state index in [1.54, 1.807) is 0 Å². The minimum atomic E-state index is -2.06. The van der Waals surface area contributed by atoms with Gasteiger partial charge in [-0.3, -0.25) is 0 Å². The van der Waals surface area contributed by atoms with Crippen molar-refractivity contribution in [2.24, 2.45) is 0 Å². The molecule has 3 heterocycles. The summed E-state index contributed by atoms with van der Waals surface area (Å²) in [5.41, 5.74) is 14.0. The molecule has 9 aromatic rings. The van der Waals surface area contributed by atoms with Gasteiger partial charge < -0.3 is 0 Å². The molecule has 0 saturated carbocycles. The molecule has 0 bridgehead atoms. The van der Waals surface area contributed by atoms with E-state index in [0.29, 0.717) is 5.82 Å². The zero-order valence-corrected chi connectivity index (χ0v) is 31.6. The monoisotopic (exact) mass is 720 g/mol. The van der Waals surface area contributed by atoms with Gasteiger partial charge in [-0.25, -0.2) is 19.9 Å². The van der Waals surface area contributed by atoms with Crippen molar-refractivity contribution in [3.63, 3.8) is 0 Å². The number of fused-ring (bicyclic) bond motifs is 4. The van der Waals surface area contributed by atoms with E-state index in [9.17, 15) is 0 Å². The summed E-state index contributed by atoms with van der Waals surface area (Å²) >= 11 is 0. The third kappa shape index (κ3) is 5.77. The van der Waals surface area contributed by atoms with E-state index in [4.69, 9.17) is 19.9 Å². The van der Waals surface area contributed by atoms with Crippen LogP contribution in [-0.4, -0.2) is 28.0 Å². The zero-order chi connectivity index (χ0) is 36.9. The van der Waals surface area contributed by atoms with Gasteiger partial charge in [0.05, 0.1) is 16.9 Å². The number of para-hydroxylation sites is 1. The lowest BCUT2D eigenvalue weighted by Gasteiger charge is -2.19. The first-order valence-electron chi connectivity index (χ1n) is 18.7. The second kappa shape index (κ2) is 13.2. The lowest BCUT2D eigenvalue weighted by Crippen LogP contribution is -2.50. The maximum atomic E-state index is 5.40. The van der Waals surface area contributed by atoms with Crippen LogP contribution in [0.5, 0.6) is 0 Å². The second-order valence-corrected chi connectivity index (χ2v) is 18.9. The molecular formula is C50H36N4Si. The van der Waals surface area contributed by atoms with Gasteiger partial charge in [0.15, 0.2) is 11.6 Å². The van der Waals surface area contributed by atoms with Crippen LogP contribution in [0, 0.1) is 0 Å². The SMILES string of the molecule is C[Si]1(C)c2ccccc2-c2c(-c3ccccc3)nc(-c3cccc(-c4cccc(-c5cccc(-c6nc(-c7ccccc7)c7ccccc7n6)c5)c4)c3)nc21. The van der Waals surface area contributed by atoms with Crippen LogP contribution in [0.15, 0.2) is 182 Å². The van der Waals surface area contributed by atoms with Crippen molar-refractivity contribution in [1.29, 1.82) is 0 Å². The summed E-state index contributed by atoms with van der Waals surface area (Å²) in [5.74, 6) is 1.48. The summed E-state index contributed by atoms with van der Waals surface area (Å²) in [5, 5.41) is 3.67. The number of hydrogen-bond donors (Lipinski definition) is 0. The summed E-state index contributed by atoms with van der Waals surface area (Å²) in [6.45, 7) is 4.82. The highest BCUT2D eigenvalue weighted by Gasteiger charge is 2.41. The molecule has 0 atom stereocenters. The molecule has 5 heteroatoms. The molecule has 7 aromatic carbocycles. The molecule has 260 valence electrons. The molecule has 0 spiro atoms. The van der Waals surface area contributed by atoms with Crippen LogP contribution in [0.4, 0.5) is 0 Å². The van der Waals surface area contributed by atoms with Crippen molar-refractivity contribution >= 4 is 29.5 Å². The number of nitrogens with zero attached hydrogens (tertiary/aromatic N) is 4. The van der Waals surface area contributed by atoms with E-state index in [-0.39, 0.29) is 0 Å². The van der Waals surface area contributed by atoms with E-state index in [2.05, 4.69) is 177 Å². The molecule has 0 aliphatic carbocycles. The molecule has 0 radical (unpaired) electrons. The van der Waals surface area contributed by atoms with Gasteiger partial charge >= 0.3 is 0 Å². The molecule has 10 rings (SSSR count). The maximum absolute atomic E-state index is 5.40. The molecule has 1 aliphatic heterocycles. The van der Waals surface area contributed by atoms with E-state index in [1.165, 1.54) is 21.6 Å². The minimum absolute atomic E-state index is 0.710. The summed E-state index contributed by atoms with van der Waals surface area (Å²) in [6.07, 6.45) is 0. The van der Waals surface area contributed by atoms with E-state index in [0.717, 1.165) is 72.6 Å². The molecule has 0 unspecified atom stereocenters. The van der Waals surface area contributed by atoms with Gasteiger partial charge in [0.1, 0.15) is 8.07 Å². The number of benzene rings is 7. The average Bonchev–Trinajstić information content (AvgIpc) is 3.49. The Hall–Kier alpha value is -6.82. The first-order chi connectivity index (χ1) is 27.0. The highest BCUT2D eigenvalue weighted by Crippen LogP contribution is 2.37. The first-order valence-corrected chi connectivity index (χ1v) is 21.7.